The van der Waals surface area contributed by atoms with Crippen LogP contribution >= 0.6 is 11.8 Å². The number of methoxy groups -OCH3 is 1. The molecule has 0 aromatic heterocycles. The van der Waals surface area contributed by atoms with Gasteiger partial charge in [-0.15, -0.1) is 0 Å². The maximum atomic E-state index is 11.2. The number of hydrogen-bond acceptors (Lipinski definition) is 3. The lowest BCUT2D eigenvalue weighted by atomic mass is 10.1. The highest BCUT2D eigenvalue weighted by Crippen LogP contribution is 2.24. The van der Waals surface area contributed by atoms with E-state index in [2.05, 4.69) is 0 Å². The lowest BCUT2D eigenvalue weighted by Crippen LogP contribution is -2.43. The molecular weight excluding hydrogens is 224 g/mol. The fourth-order valence-corrected chi connectivity index (χ4v) is 1.82. The molecule has 0 aliphatic carbocycles. The fraction of sp³-hybridized carbons (Fsp3) is 0.273. The van der Waals surface area contributed by atoms with E-state index >= 15 is 0 Å². The van der Waals surface area contributed by atoms with Crippen molar-refractivity contribution >= 4 is 22.7 Å². The van der Waals surface area contributed by atoms with Crippen molar-refractivity contribution in [3.63, 3.8) is 0 Å². The summed E-state index contributed by atoms with van der Waals surface area (Å²) in [5, 5.41) is 5.68. The summed E-state index contributed by atoms with van der Waals surface area (Å²) in [5.41, 5.74) is 6.95. The van der Waals surface area contributed by atoms with E-state index in [1.807, 2.05) is 0 Å². The Hall–Kier alpha value is -1.49. The maximum absolute atomic E-state index is 11.2. The van der Waals surface area contributed by atoms with Crippen LogP contribution < -0.4 is 15.9 Å². The van der Waals surface area contributed by atoms with Crippen molar-refractivity contribution in [1.82, 2.24) is 0 Å². The van der Waals surface area contributed by atoms with Gasteiger partial charge in [-0.25, -0.2) is 0 Å². The first-order chi connectivity index (χ1) is 7.54. The van der Waals surface area contributed by atoms with Crippen LogP contribution in [0, 0.1) is 0 Å². The summed E-state index contributed by atoms with van der Waals surface area (Å²) in [6.07, 6.45) is 0. The second-order valence-electron chi connectivity index (χ2n) is 3.27. The number of ether oxygens (including phenoxy) is 1. The molecule has 1 rings (SSSR count). The van der Waals surface area contributed by atoms with Gasteiger partial charge in [-0.2, -0.15) is 0 Å². The maximum Gasteiger partial charge on any atom is 0.300 e. The predicted molar refractivity (Wildman–Crippen MR) is 65.4 cm³/mol. The summed E-state index contributed by atoms with van der Waals surface area (Å²) in [7, 11) is 1.59. The van der Waals surface area contributed by atoms with Crippen LogP contribution in [0.1, 0.15) is 22.8 Å². The van der Waals surface area contributed by atoms with Crippen LogP contribution in [0.25, 0.3) is 0 Å². The third kappa shape index (κ3) is 3.27. The van der Waals surface area contributed by atoms with Gasteiger partial charge in [0.2, 0.25) is 0 Å². The van der Waals surface area contributed by atoms with Gasteiger partial charge in [0.1, 0.15) is 5.75 Å². The highest BCUT2D eigenvalue weighted by molar-refractivity contribution is 8.12. The van der Waals surface area contributed by atoms with Gasteiger partial charge in [-0.3, -0.25) is 15.9 Å². The third-order valence-electron chi connectivity index (χ3n) is 2.08. The number of benzene rings is 1. The lowest BCUT2D eigenvalue weighted by molar-refractivity contribution is -0.110. The van der Waals surface area contributed by atoms with E-state index in [4.69, 9.17) is 15.9 Å². The van der Waals surface area contributed by atoms with Gasteiger partial charge in [0.15, 0.2) is 5.78 Å². The first-order valence-electron chi connectivity index (χ1n) is 4.73. The normalized spacial score (nSPS) is 9.88. The molecule has 0 fully saturated rings. The second-order valence-corrected chi connectivity index (χ2v) is 4.32. The van der Waals surface area contributed by atoms with Crippen molar-refractivity contribution in [3.8, 4) is 5.75 Å². The van der Waals surface area contributed by atoms with Gasteiger partial charge < -0.3 is 4.74 Å². The van der Waals surface area contributed by atoms with Crippen molar-refractivity contribution in [1.29, 1.82) is 0 Å². The summed E-state index contributed by atoms with van der Waals surface area (Å²) in [4.78, 5) is 11.2. The van der Waals surface area contributed by atoms with Crippen LogP contribution in [0.15, 0.2) is 18.2 Å². The highest BCUT2D eigenvalue weighted by Gasteiger charge is 2.08. The number of Topliss-reactive ketones (excluding diaryl/α,β-unsaturated/α-hetero) is 1. The van der Waals surface area contributed by atoms with Gasteiger partial charge in [0.05, 0.1) is 7.11 Å². The molecule has 4 N–H and O–H groups in total. The molecule has 16 heavy (non-hydrogen) atoms. The average molecular weight is 239 g/mol. The summed E-state index contributed by atoms with van der Waals surface area (Å²) in [6, 6.07) is 5.32. The molecule has 0 radical (unpaired) electrons. The van der Waals surface area contributed by atoms with E-state index in [0.717, 1.165) is 11.3 Å². The topological polar surface area (TPSA) is 77.9 Å². The van der Waals surface area contributed by atoms with Crippen LogP contribution in [0.3, 0.4) is 0 Å². The van der Waals surface area contributed by atoms with Crippen LogP contribution in [-0.4, -0.2) is 18.1 Å². The molecule has 0 atom stereocenters. The van der Waals surface area contributed by atoms with E-state index in [1.165, 1.54) is 18.7 Å². The minimum absolute atomic E-state index is 0.0265. The standard InChI is InChI=1S/C11H14N2O2S/c1-7(14)8-3-4-10(15-2)9(5-8)6-16-11(12)13/h3-5H,6H2,1-2H3,(H3,12,13)/p+1. The Morgan fingerprint density at radius 2 is 2.25 bits per heavy atom. The Balaban J connectivity index is 2.97. The predicted octanol–water partition coefficient (Wildman–Crippen LogP) is 0.205. The minimum atomic E-state index is 0.0265. The van der Waals surface area contributed by atoms with E-state index in [1.54, 1.807) is 25.3 Å². The van der Waals surface area contributed by atoms with Crippen LogP contribution in [0.2, 0.25) is 0 Å². The molecule has 1 aromatic rings. The first-order valence-corrected chi connectivity index (χ1v) is 5.71. The first kappa shape index (κ1) is 12.6. The number of thioether (sulfide) groups is 1. The van der Waals surface area contributed by atoms with Crippen molar-refractivity contribution in [2.75, 3.05) is 7.11 Å². The number of ketones is 1. The summed E-state index contributed by atoms with van der Waals surface area (Å²) in [5.74, 6) is 1.35. The number of carbonyl (C=O) groups is 1. The van der Waals surface area contributed by atoms with Crippen molar-refractivity contribution in [2.24, 2.45) is 5.73 Å². The number of carbonyl (C=O) groups excluding carboxylic acids is 1. The van der Waals surface area contributed by atoms with Crippen molar-refractivity contribution in [3.05, 3.63) is 29.3 Å². The number of amidine groups is 1. The van der Waals surface area contributed by atoms with Crippen LogP contribution in [0.5, 0.6) is 5.75 Å². The molecule has 0 amide bonds. The zero-order valence-corrected chi connectivity index (χ0v) is 10.1. The zero-order valence-electron chi connectivity index (χ0n) is 9.32. The Kier molecular flexibility index (Phi) is 4.37. The molecule has 5 heteroatoms. The largest absolute Gasteiger partial charge is 0.496 e. The number of nitrogens with two attached hydrogens (primary N) is 2. The van der Waals surface area contributed by atoms with Gasteiger partial charge in [0.25, 0.3) is 5.17 Å². The fourth-order valence-electron chi connectivity index (χ4n) is 1.27. The molecule has 0 unspecified atom stereocenters. The summed E-state index contributed by atoms with van der Waals surface area (Å²) >= 11 is 1.32. The second kappa shape index (κ2) is 5.55. The Bertz CT molecular complexity index is 418. The smallest absolute Gasteiger partial charge is 0.300 e. The number of rotatable bonds is 4. The summed E-state index contributed by atoms with van der Waals surface area (Å²) < 4.78 is 5.20. The third-order valence-corrected chi connectivity index (χ3v) is 2.87. The van der Waals surface area contributed by atoms with Crippen molar-refractivity contribution in [2.45, 2.75) is 12.7 Å². The van der Waals surface area contributed by atoms with Gasteiger partial charge in [-0.1, -0.05) is 0 Å². The Labute approximate surface area is 98.7 Å². The van der Waals surface area contributed by atoms with Gasteiger partial charge >= 0.3 is 0 Å². The Morgan fingerprint density at radius 1 is 1.56 bits per heavy atom. The lowest BCUT2D eigenvalue weighted by Gasteiger charge is -2.08. The quantitative estimate of drug-likeness (QED) is 0.447. The van der Waals surface area contributed by atoms with E-state index in [0.29, 0.717) is 16.5 Å². The molecule has 4 nitrogen and oxygen atoms in total. The van der Waals surface area contributed by atoms with E-state index in [9.17, 15) is 4.79 Å². The molecule has 0 aliphatic rings. The van der Waals surface area contributed by atoms with E-state index < -0.39 is 0 Å². The molecule has 0 aliphatic heterocycles. The van der Waals surface area contributed by atoms with E-state index in [-0.39, 0.29) is 5.78 Å². The summed E-state index contributed by atoms with van der Waals surface area (Å²) in [6.45, 7) is 1.53. The van der Waals surface area contributed by atoms with Crippen LogP contribution in [0.4, 0.5) is 0 Å². The molecule has 0 heterocycles. The monoisotopic (exact) mass is 239 g/mol. The van der Waals surface area contributed by atoms with Gasteiger partial charge in [0, 0.05) is 16.9 Å². The molecule has 0 bridgehead atoms. The average Bonchev–Trinajstić information content (AvgIpc) is 2.25. The number of hydrogen-bond donors (Lipinski definition) is 2. The SMILES string of the molecule is COc1ccc(C(C)=O)cc1CSC(N)=[NH2+]. The van der Waals surface area contributed by atoms with Crippen molar-refractivity contribution < 1.29 is 14.9 Å². The molecule has 1 aromatic carbocycles. The zero-order chi connectivity index (χ0) is 12.1. The molecule has 0 saturated carbocycles. The molecular formula is C11H15N2O2S+. The van der Waals surface area contributed by atoms with Crippen LogP contribution in [-0.2, 0) is 5.75 Å². The Morgan fingerprint density at radius 3 is 2.75 bits per heavy atom. The van der Waals surface area contributed by atoms with Gasteiger partial charge in [-0.05, 0) is 36.9 Å². The highest BCUT2D eigenvalue weighted by atomic mass is 32.2. The molecule has 0 spiro atoms. The molecule has 86 valence electrons. The molecule has 0 saturated heterocycles. The minimum Gasteiger partial charge on any atom is -0.496 e.